The number of amides is 1. The van der Waals surface area contributed by atoms with E-state index in [0.29, 0.717) is 12.8 Å². The van der Waals surface area contributed by atoms with Crippen molar-refractivity contribution in [1.29, 1.82) is 0 Å². The van der Waals surface area contributed by atoms with Crippen LogP contribution in [0.4, 0.5) is 4.39 Å². The van der Waals surface area contributed by atoms with Crippen LogP contribution in [0.3, 0.4) is 0 Å². The second-order valence-electron chi connectivity index (χ2n) is 7.80. The summed E-state index contributed by atoms with van der Waals surface area (Å²) >= 11 is 0. The first-order valence-corrected chi connectivity index (χ1v) is 10.2. The lowest BCUT2D eigenvalue weighted by Gasteiger charge is -2.17. The van der Waals surface area contributed by atoms with Crippen LogP contribution in [-0.4, -0.2) is 22.6 Å². The number of hydroxylamine groups is 1. The number of unbranched alkanes of at least 4 members (excludes halogenated alkanes) is 1. The van der Waals surface area contributed by atoms with Gasteiger partial charge in [-0.25, -0.2) is 9.87 Å². The maximum atomic E-state index is 13.0. The molecule has 5 nitrogen and oxygen atoms in total. The minimum Gasteiger partial charge on any atom is -0.309 e. The number of carbonyl (C=O) groups excluding carboxylic acids is 1. The third-order valence-electron chi connectivity index (χ3n) is 5.57. The Kier molecular flexibility index (Phi) is 8.73. The monoisotopic (exact) mass is 401 g/mol. The molecule has 0 radical (unpaired) electrons. The van der Waals surface area contributed by atoms with Crippen LogP contribution < -0.4 is 10.8 Å². The minimum atomic E-state index is -0.340. The van der Waals surface area contributed by atoms with Crippen molar-refractivity contribution in [3.8, 4) is 0 Å². The molecule has 1 heterocycles. The van der Waals surface area contributed by atoms with Crippen LogP contribution in [0.2, 0.25) is 0 Å². The van der Waals surface area contributed by atoms with E-state index < -0.39 is 0 Å². The molecule has 0 saturated heterocycles. The predicted octanol–water partition coefficient (Wildman–Crippen LogP) is 4.33. The van der Waals surface area contributed by atoms with Gasteiger partial charge in [-0.05, 0) is 87.9 Å². The fourth-order valence-electron chi connectivity index (χ4n) is 3.53. The SMILES string of the molecule is Cc1cc(C[C@H](CCCCN[C@H](C)c2ccc(F)cn2)C(=O)NO)cc(C)c1C. The summed E-state index contributed by atoms with van der Waals surface area (Å²) < 4.78 is 13.0. The summed E-state index contributed by atoms with van der Waals surface area (Å²) in [6.07, 6.45) is 4.28. The molecule has 3 N–H and O–H groups in total. The number of nitrogens with zero attached hydrogens (tertiary/aromatic N) is 1. The molecule has 0 spiro atoms. The van der Waals surface area contributed by atoms with E-state index in [9.17, 15) is 9.18 Å². The molecular weight excluding hydrogens is 369 g/mol. The molecule has 0 unspecified atom stereocenters. The van der Waals surface area contributed by atoms with Crippen molar-refractivity contribution < 1.29 is 14.4 Å². The van der Waals surface area contributed by atoms with Crippen molar-refractivity contribution in [2.45, 2.75) is 59.4 Å². The predicted molar refractivity (Wildman–Crippen MR) is 112 cm³/mol. The Hall–Kier alpha value is -2.31. The average molecular weight is 402 g/mol. The van der Waals surface area contributed by atoms with Gasteiger partial charge in [0.2, 0.25) is 5.91 Å². The summed E-state index contributed by atoms with van der Waals surface area (Å²) in [5.74, 6) is -0.941. The first-order chi connectivity index (χ1) is 13.8. The Morgan fingerprint density at radius 3 is 2.45 bits per heavy atom. The molecule has 0 fully saturated rings. The molecular formula is C23H32FN3O2. The normalized spacial score (nSPS) is 13.2. The standard InChI is InChI=1S/C23H32FN3O2/c1-15-11-19(12-16(2)17(15)3)13-20(23(28)27-29)7-5-6-10-25-18(4)22-9-8-21(24)14-26-22/h8-9,11-12,14,18,20,25,29H,5-7,10,13H2,1-4H3,(H,27,28)/t18-,20+/m1/s1. The molecule has 0 bridgehead atoms. The van der Waals surface area contributed by atoms with Crippen molar-refractivity contribution >= 4 is 5.91 Å². The number of carbonyl (C=O) groups is 1. The molecule has 29 heavy (non-hydrogen) atoms. The molecule has 0 aliphatic rings. The molecule has 2 rings (SSSR count). The Balaban J connectivity index is 1.83. The molecule has 1 aromatic heterocycles. The largest absolute Gasteiger partial charge is 0.309 e. The smallest absolute Gasteiger partial charge is 0.246 e. The zero-order chi connectivity index (χ0) is 21.4. The van der Waals surface area contributed by atoms with Crippen LogP contribution in [-0.2, 0) is 11.2 Å². The topological polar surface area (TPSA) is 74.2 Å². The Morgan fingerprint density at radius 1 is 1.17 bits per heavy atom. The van der Waals surface area contributed by atoms with E-state index in [1.54, 1.807) is 6.07 Å². The number of hydrogen-bond acceptors (Lipinski definition) is 4. The summed E-state index contributed by atoms with van der Waals surface area (Å²) in [5, 5.41) is 12.5. The number of halogens is 1. The summed E-state index contributed by atoms with van der Waals surface area (Å²) in [5.41, 5.74) is 7.44. The second kappa shape index (κ2) is 11.0. The molecule has 2 aromatic rings. The molecule has 2 atom stereocenters. The minimum absolute atomic E-state index is 0.0330. The summed E-state index contributed by atoms with van der Waals surface area (Å²) in [7, 11) is 0. The van der Waals surface area contributed by atoms with Crippen LogP contribution in [0.1, 0.15) is 60.2 Å². The number of nitrogens with one attached hydrogen (secondary N) is 2. The summed E-state index contributed by atoms with van der Waals surface area (Å²) in [4.78, 5) is 16.2. The van der Waals surface area contributed by atoms with Gasteiger partial charge in [-0.2, -0.15) is 0 Å². The number of aromatic nitrogens is 1. The highest BCUT2D eigenvalue weighted by molar-refractivity contribution is 5.77. The molecule has 0 aliphatic carbocycles. The van der Waals surface area contributed by atoms with E-state index in [1.165, 1.54) is 29.0 Å². The van der Waals surface area contributed by atoms with Crippen LogP contribution in [0.25, 0.3) is 0 Å². The van der Waals surface area contributed by atoms with Gasteiger partial charge in [-0.15, -0.1) is 0 Å². The van der Waals surface area contributed by atoms with Gasteiger partial charge in [0.15, 0.2) is 0 Å². The highest BCUT2D eigenvalue weighted by Gasteiger charge is 2.19. The Morgan fingerprint density at radius 2 is 1.86 bits per heavy atom. The highest BCUT2D eigenvalue weighted by Crippen LogP contribution is 2.21. The summed E-state index contributed by atoms with van der Waals surface area (Å²) in [6, 6.07) is 7.37. The zero-order valence-corrected chi connectivity index (χ0v) is 17.8. The Bertz CT molecular complexity index is 785. The molecule has 1 aromatic carbocycles. The molecule has 0 saturated carbocycles. The maximum Gasteiger partial charge on any atom is 0.246 e. The van der Waals surface area contributed by atoms with E-state index in [4.69, 9.17) is 5.21 Å². The van der Waals surface area contributed by atoms with Crippen LogP contribution >= 0.6 is 0 Å². The van der Waals surface area contributed by atoms with Gasteiger partial charge in [0.1, 0.15) is 5.82 Å². The second-order valence-corrected chi connectivity index (χ2v) is 7.80. The van der Waals surface area contributed by atoms with Crippen molar-refractivity contribution in [3.63, 3.8) is 0 Å². The Labute approximate surface area is 172 Å². The van der Waals surface area contributed by atoms with Crippen LogP contribution in [0.15, 0.2) is 30.5 Å². The van der Waals surface area contributed by atoms with Crippen molar-refractivity contribution in [2.75, 3.05) is 6.54 Å². The van der Waals surface area contributed by atoms with E-state index in [0.717, 1.165) is 30.6 Å². The average Bonchev–Trinajstić information content (AvgIpc) is 2.70. The fourth-order valence-corrected chi connectivity index (χ4v) is 3.53. The van der Waals surface area contributed by atoms with Gasteiger partial charge < -0.3 is 5.32 Å². The van der Waals surface area contributed by atoms with Crippen molar-refractivity contribution in [2.24, 2.45) is 5.92 Å². The van der Waals surface area contributed by atoms with Gasteiger partial charge in [0, 0.05) is 12.0 Å². The number of benzene rings is 1. The molecule has 1 amide bonds. The molecule has 158 valence electrons. The van der Waals surface area contributed by atoms with Gasteiger partial charge in [0.25, 0.3) is 0 Å². The van der Waals surface area contributed by atoms with Crippen LogP contribution in [0.5, 0.6) is 0 Å². The highest BCUT2D eigenvalue weighted by atomic mass is 19.1. The summed E-state index contributed by atoms with van der Waals surface area (Å²) in [6.45, 7) is 9.02. The van der Waals surface area contributed by atoms with Gasteiger partial charge in [-0.1, -0.05) is 18.6 Å². The van der Waals surface area contributed by atoms with Gasteiger partial charge in [-0.3, -0.25) is 15.0 Å². The molecule has 6 heteroatoms. The van der Waals surface area contributed by atoms with E-state index in [2.05, 4.69) is 43.2 Å². The first kappa shape index (κ1) is 23.0. The third-order valence-corrected chi connectivity index (χ3v) is 5.57. The van der Waals surface area contributed by atoms with E-state index >= 15 is 0 Å². The number of pyridine rings is 1. The number of rotatable bonds is 10. The van der Waals surface area contributed by atoms with Gasteiger partial charge in [0.05, 0.1) is 11.9 Å². The number of hydrogen-bond donors (Lipinski definition) is 3. The van der Waals surface area contributed by atoms with E-state index in [-0.39, 0.29) is 23.7 Å². The van der Waals surface area contributed by atoms with Crippen molar-refractivity contribution in [3.05, 3.63) is 64.2 Å². The van der Waals surface area contributed by atoms with Gasteiger partial charge >= 0.3 is 0 Å². The molecule has 0 aliphatic heterocycles. The third kappa shape index (κ3) is 6.91. The number of aryl methyl sites for hydroxylation is 2. The van der Waals surface area contributed by atoms with Crippen LogP contribution in [0, 0.1) is 32.5 Å². The van der Waals surface area contributed by atoms with Crippen molar-refractivity contribution in [1.82, 2.24) is 15.8 Å². The van der Waals surface area contributed by atoms with E-state index in [1.807, 2.05) is 12.4 Å². The quantitative estimate of drug-likeness (QED) is 0.315. The lowest BCUT2D eigenvalue weighted by molar-refractivity contribution is -0.133. The lowest BCUT2D eigenvalue weighted by Crippen LogP contribution is -2.29. The first-order valence-electron chi connectivity index (χ1n) is 10.2. The maximum absolute atomic E-state index is 13.0. The zero-order valence-electron chi connectivity index (χ0n) is 17.8. The lowest BCUT2D eigenvalue weighted by atomic mass is 9.90. The fraction of sp³-hybridized carbons (Fsp3) is 0.478.